The first-order valence-corrected chi connectivity index (χ1v) is 5.55. The van der Waals surface area contributed by atoms with Gasteiger partial charge < -0.3 is 4.98 Å². The second kappa shape index (κ2) is 3.96. The van der Waals surface area contributed by atoms with Crippen LogP contribution >= 0.6 is 11.6 Å². The van der Waals surface area contributed by atoms with Crippen LogP contribution < -0.4 is 5.69 Å². The van der Waals surface area contributed by atoms with E-state index in [0.29, 0.717) is 21.7 Å². The molecule has 0 saturated heterocycles. The summed E-state index contributed by atoms with van der Waals surface area (Å²) < 4.78 is 14.6. The molecule has 0 atom stereocenters. The number of halogens is 2. The topological polar surface area (TPSA) is 50.7 Å². The molecule has 0 fully saturated rings. The lowest BCUT2D eigenvalue weighted by Gasteiger charge is -2.05. The molecule has 2 aromatic heterocycles. The highest BCUT2D eigenvalue weighted by atomic mass is 35.5. The number of hydrogen-bond acceptors (Lipinski definition) is 2. The van der Waals surface area contributed by atoms with Crippen molar-refractivity contribution in [2.45, 2.75) is 0 Å². The van der Waals surface area contributed by atoms with Gasteiger partial charge in [-0.2, -0.15) is 0 Å². The highest BCUT2D eigenvalue weighted by molar-refractivity contribution is 6.32. The molecular weight excluding hydrogens is 257 g/mol. The first-order valence-electron chi connectivity index (χ1n) is 5.17. The molecule has 90 valence electrons. The fraction of sp³-hybridized carbons (Fsp3) is 0. The average Bonchev–Trinajstić information content (AvgIpc) is 2.68. The normalized spacial score (nSPS) is 11.0. The van der Waals surface area contributed by atoms with Crippen LogP contribution in [0.1, 0.15) is 0 Å². The summed E-state index contributed by atoms with van der Waals surface area (Å²) in [5.74, 6) is -0.454. The molecule has 0 aliphatic carbocycles. The van der Waals surface area contributed by atoms with Gasteiger partial charge in [-0.3, -0.25) is 9.55 Å². The van der Waals surface area contributed by atoms with Crippen LogP contribution in [0, 0.1) is 5.82 Å². The van der Waals surface area contributed by atoms with E-state index in [4.69, 9.17) is 11.6 Å². The Kier molecular flexibility index (Phi) is 2.41. The van der Waals surface area contributed by atoms with E-state index in [-0.39, 0.29) is 5.69 Å². The Bertz CT molecular complexity index is 793. The molecule has 0 aliphatic heterocycles. The van der Waals surface area contributed by atoms with Gasteiger partial charge in [-0.25, -0.2) is 9.18 Å². The quantitative estimate of drug-likeness (QED) is 0.733. The first kappa shape index (κ1) is 11.0. The molecule has 0 unspecified atom stereocenters. The molecule has 0 aliphatic rings. The zero-order valence-electron chi connectivity index (χ0n) is 9.02. The summed E-state index contributed by atoms with van der Waals surface area (Å²) in [7, 11) is 0. The van der Waals surface area contributed by atoms with Crippen molar-refractivity contribution in [3.8, 4) is 5.69 Å². The van der Waals surface area contributed by atoms with Crippen molar-refractivity contribution in [1.29, 1.82) is 0 Å². The van der Waals surface area contributed by atoms with Crippen LogP contribution in [-0.2, 0) is 0 Å². The van der Waals surface area contributed by atoms with Crippen molar-refractivity contribution in [1.82, 2.24) is 14.5 Å². The number of fused-ring (bicyclic) bond motifs is 1. The Morgan fingerprint density at radius 1 is 1.33 bits per heavy atom. The highest BCUT2D eigenvalue weighted by Gasteiger charge is 2.12. The van der Waals surface area contributed by atoms with E-state index in [1.54, 1.807) is 12.3 Å². The van der Waals surface area contributed by atoms with Gasteiger partial charge in [0.1, 0.15) is 5.82 Å². The van der Waals surface area contributed by atoms with Crippen LogP contribution in [0.15, 0.2) is 41.5 Å². The lowest BCUT2D eigenvalue weighted by atomic mass is 10.3. The molecule has 18 heavy (non-hydrogen) atoms. The maximum absolute atomic E-state index is 13.3. The molecule has 0 spiro atoms. The van der Waals surface area contributed by atoms with Crippen molar-refractivity contribution < 1.29 is 4.39 Å². The van der Waals surface area contributed by atoms with Crippen LogP contribution in [-0.4, -0.2) is 14.5 Å². The minimum Gasteiger partial charge on any atom is -0.304 e. The molecule has 3 aromatic rings. The summed E-state index contributed by atoms with van der Waals surface area (Å²) in [5.41, 5.74) is 1.09. The van der Waals surface area contributed by atoms with Gasteiger partial charge in [-0.05, 0) is 24.3 Å². The molecule has 1 N–H and O–H groups in total. The summed E-state index contributed by atoms with van der Waals surface area (Å²) in [6.07, 6.45) is 3.08. The first-order chi connectivity index (χ1) is 8.66. The number of rotatable bonds is 1. The van der Waals surface area contributed by atoms with Gasteiger partial charge >= 0.3 is 5.69 Å². The molecule has 0 saturated carbocycles. The van der Waals surface area contributed by atoms with E-state index in [1.165, 1.54) is 29.0 Å². The van der Waals surface area contributed by atoms with Crippen molar-refractivity contribution in [3.63, 3.8) is 0 Å². The molecular formula is C12H7ClFN3O. The summed E-state index contributed by atoms with van der Waals surface area (Å²) in [5, 5.41) is 0.302. The van der Waals surface area contributed by atoms with E-state index < -0.39 is 5.82 Å². The predicted molar refractivity (Wildman–Crippen MR) is 66.7 cm³/mol. The number of nitrogens with one attached hydrogen (secondary N) is 1. The highest BCUT2D eigenvalue weighted by Crippen LogP contribution is 2.23. The zero-order valence-corrected chi connectivity index (χ0v) is 9.78. The fourth-order valence-corrected chi connectivity index (χ4v) is 2.06. The number of H-pyrrole nitrogens is 1. The van der Waals surface area contributed by atoms with Gasteiger partial charge in [0.15, 0.2) is 0 Å². The number of imidazole rings is 1. The Balaban J connectivity index is 2.41. The van der Waals surface area contributed by atoms with Crippen LogP contribution in [0.3, 0.4) is 0 Å². The number of aromatic nitrogens is 3. The van der Waals surface area contributed by atoms with Crippen LogP contribution in [0.5, 0.6) is 0 Å². The van der Waals surface area contributed by atoms with Crippen molar-refractivity contribution in [2.75, 3.05) is 0 Å². The van der Waals surface area contributed by atoms with Crippen LogP contribution in [0.2, 0.25) is 5.02 Å². The molecule has 0 bridgehead atoms. The lowest BCUT2D eigenvalue weighted by molar-refractivity contribution is 0.626. The smallest absolute Gasteiger partial charge is 0.304 e. The molecule has 6 heteroatoms. The molecule has 1 aromatic carbocycles. The number of aromatic amines is 1. The monoisotopic (exact) mass is 263 g/mol. The number of pyridine rings is 1. The fourth-order valence-electron chi connectivity index (χ4n) is 1.86. The second-order valence-corrected chi connectivity index (χ2v) is 4.16. The average molecular weight is 264 g/mol. The molecule has 4 nitrogen and oxygen atoms in total. The third-order valence-electron chi connectivity index (χ3n) is 2.63. The number of nitrogens with zero attached hydrogens (tertiary/aromatic N) is 2. The summed E-state index contributed by atoms with van der Waals surface area (Å²) in [6, 6.07) is 5.54. The van der Waals surface area contributed by atoms with Gasteiger partial charge in [0, 0.05) is 6.20 Å². The van der Waals surface area contributed by atoms with E-state index in [0.717, 1.165) is 0 Å². The van der Waals surface area contributed by atoms with E-state index in [9.17, 15) is 9.18 Å². The summed E-state index contributed by atoms with van der Waals surface area (Å²) in [4.78, 5) is 18.4. The van der Waals surface area contributed by atoms with Gasteiger partial charge in [0.2, 0.25) is 0 Å². The summed E-state index contributed by atoms with van der Waals surface area (Å²) >= 11 is 6.00. The maximum Gasteiger partial charge on any atom is 0.331 e. The Morgan fingerprint density at radius 2 is 2.17 bits per heavy atom. The number of hydrogen-bond donors (Lipinski definition) is 1. The lowest BCUT2D eigenvalue weighted by Crippen LogP contribution is -2.15. The zero-order chi connectivity index (χ0) is 12.7. The predicted octanol–water partition coefficient (Wildman–Crippen LogP) is 2.51. The summed E-state index contributed by atoms with van der Waals surface area (Å²) in [6.45, 7) is 0. The minimum absolute atomic E-state index is 0.302. The van der Waals surface area contributed by atoms with Crippen molar-refractivity contribution >= 4 is 22.6 Å². The van der Waals surface area contributed by atoms with Gasteiger partial charge in [0.25, 0.3) is 0 Å². The maximum atomic E-state index is 13.3. The van der Waals surface area contributed by atoms with Crippen LogP contribution in [0.4, 0.5) is 4.39 Å². The Hall–Kier alpha value is -2.14. The largest absolute Gasteiger partial charge is 0.331 e. The standard InChI is InChI=1S/C12H7ClFN3O/c13-8-2-1-7(14)5-11(8)17-10-3-4-15-6-9(10)16-12(17)18/h1-6H,(H,16,18). The van der Waals surface area contributed by atoms with Crippen LogP contribution in [0.25, 0.3) is 16.7 Å². The van der Waals surface area contributed by atoms with Gasteiger partial charge in [0.05, 0.1) is 27.9 Å². The molecule has 3 rings (SSSR count). The minimum atomic E-state index is -0.454. The van der Waals surface area contributed by atoms with E-state index in [1.807, 2.05) is 0 Å². The molecule has 0 amide bonds. The third kappa shape index (κ3) is 1.60. The Labute approximate surface area is 106 Å². The molecule has 2 heterocycles. The third-order valence-corrected chi connectivity index (χ3v) is 2.95. The van der Waals surface area contributed by atoms with Crippen molar-refractivity contribution in [3.05, 3.63) is 58.0 Å². The molecule has 0 radical (unpaired) electrons. The van der Waals surface area contributed by atoms with E-state index in [2.05, 4.69) is 9.97 Å². The van der Waals surface area contributed by atoms with Crippen molar-refractivity contribution in [2.24, 2.45) is 0 Å². The van der Waals surface area contributed by atoms with E-state index >= 15 is 0 Å². The Morgan fingerprint density at radius 3 is 3.00 bits per heavy atom. The second-order valence-electron chi connectivity index (χ2n) is 3.75. The van der Waals surface area contributed by atoms with Gasteiger partial charge in [-0.15, -0.1) is 0 Å². The number of benzene rings is 1. The van der Waals surface area contributed by atoms with Gasteiger partial charge in [-0.1, -0.05) is 11.6 Å². The SMILES string of the molecule is O=c1[nH]c2cnccc2n1-c1cc(F)ccc1Cl.